The van der Waals surface area contributed by atoms with E-state index < -0.39 is 29.1 Å². The van der Waals surface area contributed by atoms with Crippen LogP contribution in [-0.4, -0.2) is 28.7 Å². The smallest absolute Gasteiger partial charge is 0.241 e. The maximum Gasteiger partial charge on any atom is 0.241 e. The first-order valence-electron chi connectivity index (χ1n) is 8.66. The molecular formula is C19H23FN4O3S. The first-order valence-corrected chi connectivity index (χ1v) is 9.54. The Morgan fingerprint density at radius 3 is 2.36 bits per heavy atom. The van der Waals surface area contributed by atoms with Crippen LogP contribution in [0, 0.1) is 11.2 Å². The Morgan fingerprint density at radius 1 is 1.21 bits per heavy atom. The fraction of sp³-hybridized carbons (Fsp3) is 0.368. The van der Waals surface area contributed by atoms with Crippen LogP contribution in [0.4, 0.5) is 15.2 Å². The van der Waals surface area contributed by atoms with Crippen LogP contribution in [-0.2, 0) is 14.4 Å². The Kier molecular flexibility index (Phi) is 6.85. The highest BCUT2D eigenvalue weighted by atomic mass is 32.1. The minimum absolute atomic E-state index is 0.0915. The van der Waals surface area contributed by atoms with Gasteiger partial charge in [-0.05, 0) is 29.7 Å². The highest BCUT2D eigenvalue weighted by Crippen LogP contribution is 2.30. The lowest BCUT2D eigenvalue weighted by molar-refractivity contribution is -0.127. The first-order chi connectivity index (χ1) is 13.1. The number of nitrogens with one attached hydrogen (secondary N) is 1. The number of primary amides is 1. The average Bonchev–Trinajstić information content (AvgIpc) is 3.10. The van der Waals surface area contributed by atoms with Crippen molar-refractivity contribution < 1.29 is 18.8 Å². The number of thiazole rings is 1. The van der Waals surface area contributed by atoms with Crippen LogP contribution in [0.3, 0.4) is 0 Å². The molecule has 1 unspecified atom stereocenters. The number of amides is 3. The number of carbonyl (C=O) groups is 3. The number of hydrogen-bond acceptors (Lipinski definition) is 5. The first kappa shape index (κ1) is 21.5. The minimum atomic E-state index is -0.965. The van der Waals surface area contributed by atoms with Gasteiger partial charge in [0.1, 0.15) is 11.9 Å². The van der Waals surface area contributed by atoms with Gasteiger partial charge < -0.3 is 11.1 Å². The normalized spacial score (nSPS) is 12.3. The molecule has 150 valence electrons. The molecule has 9 heteroatoms. The van der Waals surface area contributed by atoms with Gasteiger partial charge in [0.2, 0.25) is 17.7 Å². The van der Waals surface area contributed by atoms with E-state index in [1.165, 1.54) is 40.5 Å². The molecule has 2 aromatic rings. The van der Waals surface area contributed by atoms with Crippen molar-refractivity contribution in [3.8, 4) is 0 Å². The van der Waals surface area contributed by atoms with Crippen LogP contribution >= 0.6 is 11.3 Å². The van der Waals surface area contributed by atoms with Crippen molar-refractivity contribution in [3.63, 3.8) is 0 Å². The molecule has 1 atom stereocenters. The third-order valence-electron chi connectivity index (χ3n) is 3.97. The van der Waals surface area contributed by atoms with E-state index in [1.54, 1.807) is 32.3 Å². The molecule has 1 aromatic heterocycles. The summed E-state index contributed by atoms with van der Waals surface area (Å²) in [5.41, 5.74) is 5.25. The summed E-state index contributed by atoms with van der Waals surface area (Å²) in [5.74, 6) is -1.98. The molecule has 0 radical (unpaired) electrons. The zero-order valence-electron chi connectivity index (χ0n) is 15.9. The Balaban J connectivity index is 2.22. The number of carbonyl (C=O) groups excluding carboxylic acids is 3. The molecule has 0 saturated heterocycles. The number of anilines is 2. The van der Waals surface area contributed by atoms with Crippen LogP contribution in [0.25, 0.3) is 0 Å². The second-order valence-corrected chi connectivity index (χ2v) is 8.19. The van der Waals surface area contributed by atoms with Crippen molar-refractivity contribution >= 4 is 39.9 Å². The zero-order valence-corrected chi connectivity index (χ0v) is 16.8. The molecule has 2 rings (SSSR count). The predicted octanol–water partition coefficient (Wildman–Crippen LogP) is 2.93. The molecule has 0 spiro atoms. The molecule has 3 amide bonds. The number of halogens is 1. The van der Waals surface area contributed by atoms with Gasteiger partial charge in [-0.3, -0.25) is 19.3 Å². The lowest BCUT2D eigenvalue weighted by atomic mass is 9.84. The number of rotatable bonds is 7. The highest BCUT2D eigenvalue weighted by molar-refractivity contribution is 7.13. The number of hydrogen-bond donors (Lipinski definition) is 2. The van der Waals surface area contributed by atoms with Crippen molar-refractivity contribution in [2.45, 2.75) is 39.7 Å². The molecule has 28 heavy (non-hydrogen) atoms. The third-order valence-corrected chi connectivity index (χ3v) is 4.65. The van der Waals surface area contributed by atoms with Crippen molar-refractivity contribution in [1.82, 2.24) is 4.98 Å². The summed E-state index contributed by atoms with van der Waals surface area (Å²) in [5, 5.41) is 4.76. The molecule has 1 aromatic carbocycles. The lowest BCUT2D eigenvalue weighted by Crippen LogP contribution is -2.55. The molecule has 0 saturated carbocycles. The van der Waals surface area contributed by atoms with E-state index in [0.29, 0.717) is 10.8 Å². The Hall–Kier alpha value is -2.81. The van der Waals surface area contributed by atoms with Gasteiger partial charge in [-0.2, -0.15) is 0 Å². The molecular weight excluding hydrogens is 383 g/mol. The molecule has 7 nitrogen and oxygen atoms in total. The summed E-state index contributed by atoms with van der Waals surface area (Å²) in [4.78, 5) is 42.4. The van der Waals surface area contributed by atoms with Gasteiger partial charge in [0, 0.05) is 30.1 Å². The maximum atomic E-state index is 13.3. The largest absolute Gasteiger partial charge is 0.368 e. The molecule has 3 N–H and O–H groups in total. The summed E-state index contributed by atoms with van der Waals surface area (Å²) in [6.07, 6.45) is 1.32. The molecule has 0 bridgehead atoms. The van der Waals surface area contributed by atoms with E-state index in [-0.39, 0.29) is 18.7 Å². The summed E-state index contributed by atoms with van der Waals surface area (Å²) >= 11 is 1.27. The summed E-state index contributed by atoms with van der Waals surface area (Å²) in [6.45, 7) is 5.34. The van der Waals surface area contributed by atoms with E-state index in [0.717, 1.165) is 0 Å². The van der Waals surface area contributed by atoms with E-state index in [4.69, 9.17) is 5.73 Å². The minimum Gasteiger partial charge on any atom is -0.368 e. The molecule has 0 fully saturated rings. The van der Waals surface area contributed by atoms with Crippen molar-refractivity contribution in [3.05, 3.63) is 41.7 Å². The molecule has 0 aliphatic heterocycles. The zero-order chi connectivity index (χ0) is 20.9. The third kappa shape index (κ3) is 5.59. The Labute approximate surface area is 166 Å². The van der Waals surface area contributed by atoms with Crippen LogP contribution in [0.2, 0.25) is 0 Å². The predicted molar refractivity (Wildman–Crippen MR) is 106 cm³/mol. The maximum absolute atomic E-state index is 13.3. The molecule has 1 heterocycles. The standard InChI is InChI=1S/C19H23FN4O3S/c1-19(2,3)16(17(21)27)24(13-6-4-12(20)5-7-13)15(26)9-8-14(25)23-18-22-10-11-28-18/h4-7,10-11,16H,8-9H2,1-3H3,(H2,21,27)(H,22,23,25). The second kappa shape index (κ2) is 8.92. The molecule has 0 aliphatic rings. The fourth-order valence-electron chi connectivity index (χ4n) is 2.79. The quantitative estimate of drug-likeness (QED) is 0.737. The van der Waals surface area contributed by atoms with Gasteiger partial charge in [0.05, 0.1) is 0 Å². The number of aromatic nitrogens is 1. The van der Waals surface area contributed by atoms with Crippen LogP contribution < -0.4 is 16.0 Å². The Bertz CT molecular complexity index is 832. The number of nitrogens with two attached hydrogens (primary N) is 1. The summed E-state index contributed by atoms with van der Waals surface area (Å²) in [7, 11) is 0. The van der Waals surface area contributed by atoms with E-state index in [9.17, 15) is 18.8 Å². The van der Waals surface area contributed by atoms with Gasteiger partial charge in [-0.25, -0.2) is 9.37 Å². The van der Waals surface area contributed by atoms with Gasteiger partial charge >= 0.3 is 0 Å². The number of nitrogens with zero attached hydrogens (tertiary/aromatic N) is 2. The topological polar surface area (TPSA) is 105 Å². The SMILES string of the molecule is CC(C)(C)C(C(N)=O)N(C(=O)CCC(=O)Nc1nccs1)c1ccc(F)cc1. The average molecular weight is 406 g/mol. The van der Waals surface area contributed by atoms with Crippen LogP contribution in [0.15, 0.2) is 35.8 Å². The summed E-state index contributed by atoms with van der Waals surface area (Å²) in [6, 6.07) is 4.25. The highest BCUT2D eigenvalue weighted by Gasteiger charge is 2.38. The number of benzene rings is 1. The molecule has 0 aliphatic carbocycles. The fourth-order valence-corrected chi connectivity index (χ4v) is 3.33. The summed E-state index contributed by atoms with van der Waals surface area (Å²) < 4.78 is 13.3. The van der Waals surface area contributed by atoms with E-state index in [2.05, 4.69) is 10.3 Å². The van der Waals surface area contributed by atoms with Gasteiger partial charge in [0.25, 0.3) is 0 Å². The monoisotopic (exact) mass is 406 g/mol. The lowest BCUT2D eigenvalue weighted by Gasteiger charge is -2.38. The van der Waals surface area contributed by atoms with Gasteiger partial charge in [-0.1, -0.05) is 20.8 Å². The Morgan fingerprint density at radius 2 is 1.86 bits per heavy atom. The van der Waals surface area contributed by atoms with Gasteiger partial charge in [0.15, 0.2) is 5.13 Å². The van der Waals surface area contributed by atoms with E-state index >= 15 is 0 Å². The van der Waals surface area contributed by atoms with Crippen molar-refractivity contribution in [2.24, 2.45) is 11.1 Å². The van der Waals surface area contributed by atoms with Crippen molar-refractivity contribution in [2.75, 3.05) is 10.2 Å². The van der Waals surface area contributed by atoms with E-state index in [1.807, 2.05) is 0 Å². The second-order valence-electron chi connectivity index (χ2n) is 7.30. The van der Waals surface area contributed by atoms with Crippen LogP contribution in [0.1, 0.15) is 33.6 Å². The van der Waals surface area contributed by atoms with Crippen LogP contribution in [0.5, 0.6) is 0 Å². The van der Waals surface area contributed by atoms with Gasteiger partial charge in [-0.15, -0.1) is 11.3 Å². The van der Waals surface area contributed by atoms with Crippen molar-refractivity contribution in [1.29, 1.82) is 0 Å².